The fourth-order valence-electron chi connectivity index (χ4n) is 1.17. The second-order valence-electron chi connectivity index (χ2n) is 3.03. The average Bonchev–Trinajstić information content (AvgIpc) is 2.25. The van der Waals surface area contributed by atoms with Crippen molar-refractivity contribution in [3.05, 3.63) is 49.9 Å². The zero-order valence-corrected chi connectivity index (χ0v) is 11.2. The molecule has 0 fully saturated rings. The number of nitrogens with one attached hydrogen (secondary N) is 2. The molecule has 4 nitrogen and oxygen atoms in total. The summed E-state index contributed by atoms with van der Waals surface area (Å²) in [6.45, 7) is 0. The Balaban J connectivity index is 2.34. The Kier molecular flexibility index (Phi) is 3.40. The molecule has 0 saturated carbocycles. The molecule has 0 aliphatic heterocycles. The molecular weight excluding hydrogens is 338 g/mol. The molecule has 2 N–H and O–H groups in total. The van der Waals surface area contributed by atoms with Gasteiger partial charge >= 0.3 is 0 Å². The minimum atomic E-state index is -0.215. The second-order valence-corrected chi connectivity index (χ2v) is 4.74. The molecule has 2 aromatic rings. The monoisotopic (exact) mass is 343 g/mol. The van der Waals surface area contributed by atoms with Crippen molar-refractivity contribution in [2.24, 2.45) is 0 Å². The van der Waals surface area contributed by atoms with E-state index in [0.717, 1.165) is 10.2 Å². The summed E-state index contributed by atoms with van der Waals surface area (Å²) in [4.78, 5) is 17.8. The first-order chi connectivity index (χ1) is 7.66. The van der Waals surface area contributed by atoms with Gasteiger partial charge in [-0.1, -0.05) is 22.0 Å². The quantitative estimate of drug-likeness (QED) is 0.880. The Morgan fingerprint density at radius 2 is 2.12 bits per heavy atom. The van der Waals surface area contributed by atoms with Gasteiger partial charge in [-0.15, -0.1) is 0 Å². The lowest BCUT2D eigenvalue weighted by Crippen LogP contribution is -2.09. The van der Waals surface area contributed by atoms with Crippen LogP contribution < -0.4 is 10.9 Å². The van der Waals surface area contributed by atoms with Crippen molar-refractivity contribution in [3.8, 4) is 0 Å². The highest BCUT2D eigenvalue weighted by Gasteiger charge is 2.05. The van der Waals surface area contributed by atoms with Crippen molar-refractivity contribution in [2.75, 3.05) is 5.32 Å². The lowest BCUT2D eigenvalue weighted by Gasteiger charge is -2.06. The molecule has 6 heteroatoms. The zero-order chi connectivity index (χ0) is 11.5. The van der Waals surface area contributed by atoms with Crippen molar-refractivity contribution < 1.29 is 0 Å². The molecule has 2 rings (SSSR count). The summed E-state index contributed by atoms with van der Waals surface area (Å²) in [5, 5.41) is 3.05. The van der Waals surface area contributed by atoms with E-state index in [-0.39, 0.29) is 5.56 Å². The maximum absolute atomic E-state index is 11.3. The number of hydrogen-bond donors (Lipinski definition) is 2. The molecular formula is C10H7Br2N3O. The number of anilines is 2. The van der Waals surface area contributed by atoms with E-state index in [2.05, 4.69) is 47.1 Å². The highest BCUT2D eigenvalue weighted by Crippen LogP contribution is 2.22. The summed E-state index contributed by atoms with van der Waals surface area (Å²) >= 11 is 6.54. The highest BCUT2D eigenvalue weighted by molar-refractivity contribution is 9.10. The summed E-state index contributed by atoms with van der Waals surface area (Å²) in [5.74, 6) is 0.488. The second kappa shape index (κ2) is 4.80. The van der Waals surface area contributed by atoms with Crippen molar-refractivity contribution in [1.82, 2.24) is 9.97 Å². The number of nitrogens with zero attached hydrogens (tertiary/aromatic N) is 1. The van der Waals surface area contributed by atoms with E-state index in [0.29, 0.717) is 10.3 Å². The van der Waals surface area contributed by atoms with Crippen molar-refractivity contribution >= 4 is 43.4 Å². The molecule has 0 aliphatic carbocycles. The van der Waals surface area contributed by atoms with Crippen LogP contribution in [0.5, 0.6) is 0 Å². The van der Waals surface area contributed by atoms with E-state index in [1.807, 2.05) is 24.3 Å². The van der Waals surface area contributed by atoms with E-state index in [9.17, 15) is 4.79 Å². The first kappa shape index (κ1) is 11.3. The van der Waals surface area contributed by atoms with Gasteiger partial charge in [0.15, 0.2) is 5.82 Å². The molecule has 0 aliphatic rings. The van der Waals surface area contributed by atoms with Crippen molar-refractivity contribution in [2.45, 2.75) is 0 Å². The number of H-pyrrole nitrogens is 1. The van der Waals surface area contributed by atoms with E-state index in [1.54, 1.807) is 0 Å². The van der Waals surface area contributed by atoms with Gasteiger partial charge in [0.05, 0.1) is 6.33 Å². The Hall–Kier alpha value is -1.14. The van der Waals surface area contributed by atoms with Crippen LogP contribution in [0.1, 0.15) is 0 Å². The summed E-state index contributed by atoms with van der Waals surface area (Å²) in [6, 6.07) is 7.61. The van der Waals surface area contributed by atoms with Crippen LogP contribution in [0.15, 0.2) is 44.3 Å². The first-order valence-corrected chi connectivity index (χ1v) is 6.01. The van der Waals surface area contributed by atoms with Crippen molar-refractivity contribution in [3.63, 3.8) is 0 Å². The molecule has 0 atom stereocenters. The van der Waals surface area contributed by atoms with Crippen LogP contribution in [-0.2, 0) is 0 Å². The Labute approximate surface area is 108 Å². The topological polar surface area (TPSA) is 57.8 Å². The average molecular weight is 345 g/mol. The smallest absolute Gasteiger partial charge is 0.267 e. The van der Waals surface area contributed by atoms with Gasteiger partial charge in [0.1, 0.15) is 4.47 Å². The number of aromatic nitrogens is 2. The number of benzene rings is 1. The van der Waals surface area contributed by atoms with Crippen LogP contribution in [-0.4, -0.2) is 9.97 Å². The zero-order valence-electron chi connectivity index (χ0n) is 8.00. The first-order valence-electron chi connectivity index (χ1n) is 4.42. The molecule has 82 valence electrons. The van der Waals surface area contributed by atoms with Gasteiger partial charge in [0.2, 0.25) is 0 Å². The Bertz CT molecular complexity index is 568. The van der Waals surface area contributed by atoms with E-state index in [4.69, 9.17) is 0 Å². The minimum absolute atomic E-state index is 0.215. The summed E-state index contributed by atoms with van der Waals surface area (Å²) < 4.78 is 1.34. The van der Waals surface area contributed by atoms with E-state index < -0.39 is 0 Å². The summed E-state index contributed by atoms with van der Waals surface area (Å²) in [7, 11) is 0. The van der Waals surface area contributed by atoms with Gasteiger partial charge in [-0.2, -0.15) is 0 Å². The lowest BCUT2D eigenvalue weighted by molar-refractivity contribution is 1.10. The third kappa shape index (κ3) is 2.51. The minimum Gasteiger partial charge on any atom is -0.339 e. The SMILES string of the molecule is O=c1[nH]cnc(Nc2cccc(Br)c2)c1Br. The molecule has 0 amide bonds. The predicted molar refractivity (Wildman–Crippen MR) is 70.0 cm³/mol. The lowest BCUT2D eigenvalue weighted by atomic mass is 10.3. The Morgan fingerprint density at radius 1 is 1.31 bits per heavy atom. The molecule has 16 heavy (non-hydrogen) atoms. The molecule has 1 aromatic carbocycles. The summed E-state index contributed by atoms with van der Waals surface area (Å²) in [6.07, 6.45) is 1.35. The van der Waals surface area contributed by atoms with Crippen LogP contribution in [0.4, 0.5) is 11.5 Å². The largest absolute Gasteiger partial charge is 0.339 e. The molecule has 0 saturated heterocycles. The molecule has 0 radical (unpaired) electrons. The third-order valence-corrected chi connectivity index (χ3v) is 3.11. The normalized spacial score (nSPS) is 10.1. The van der Waals surface area contributed by atoms with E-state index >= 15 is 0 Å². The predicted octanol–water partition coefficient (Wildman–Crippen LogP) is 3.04. The summed E-state index contributed by atoms with van der Waals surface area (Å²) in [5.41, 5.74) is 0.640. The third-order valence-electron chi connectivity index (χ3n) is 1.88. The van der Waals surface area contributed by atoms with Crippen LogP contribution in [0, 0.1) is 0 Å². The standard InChI is InChI=1S/C10H7Br2N3O/c11-6-2-1-3-7(4-6)15-9-8(12)10(16)14-5-13-9/h1-5H,(H2,13,14,15,16). The number of halogens is 2. The van der Waals surface area contributed by atoms with Gasteiger partial charge in [0.25, 0.3) is 5.56 Å². The van der Waals surface area contributed by atoms with Crippen LogP contribution >= 0.6 is 31.9 Å². The van der Waals surface area contributed by atoms with Crippen molar-refractivity contribution in [1.29, 1.82) is 0 Å². The molecule has 1 heterocycles. The van der Waals surface area contributed by atoms with Crippen LogP contribution in [0.3, 0.4) is 0 Å². The Morgan fingerprint density at radius 3 is 2.88 bits per heavy atom. The van der Waals surface area contributed by atoms with E-state index in [1.165, 1.54) is 6.33 Å². The fraction of sp³-hybridized carbons (Fsp3) is 0. The van der Waals surface area contributed by atoms with Gasteiger partial charge < -0.3 is 10.3 Å². The van der Waals surface area contributed by atoms with Gasteiger partial charge in [-0.05, 0) is 34.1 Å². The van der Waals surface area contributed by atoms with Gasteiger partial charge in [0, 0.05) is 10.2 Å². The molecule has 0 unspecified atom stereocenters. The molecule has 1 aromatic heterocycles. The number of hydrogen-bond acceptors (Lipinski definition) is 3. The maximum Gasteiger partial charge on any atom is 0.267 e. The highest BCUT2D eigenvalue weighted by atomic mass is 79.9. The molecule has 0 spiro atoms. The fourth-order valence-corrected chi connectivity index (χ4v) is 1.89. The number of rotatable bonds is 2. The van der Waals surface area contributed by atoms with Gasteiger partial charge in [-0.3, -0.25) is 4.79 Å². The van der Waals surface area contributed by atoms with Gasteiger partial charge in [-0.25, -0.2) is 4.98 Å². The van der Waals surface area contributed by atoms with Crippen LogP contribution in [0.2, 0.25) is 0 Å². The molecule has 0 bridgehead atoms. The maximum atomic E-state index is 11.3. The number of aromatic amines is 1. The van der Waals surface area contributed by atoms with Crippen LogP contribution in [0.25, 0.3) is 0 Å².